The number of anilines is 1. The molecular formula is C19H14F3NO. The number of alkyl halides is 3. The van der Waals surface area contributed by atoms with Crippen LogP contribution in [0.3, 0.4) is 0 Å². The monoisotopic (exact) mass is 329 g/mol. The Labute approximate surface area is 137 Å². The molecule has 1 N–H and O–H groups in total. The Bertz CT molecular complexity index is 909. The molecule has 0 unspecified atom stereocenters. The molecule has 122 valence electrons. The summed E-state index contributed by atoms with van der Waals surface area (Å²) in [5, 5.41) is 2.73. The summed E-state index contributed by atoms with van der Waals surface area (Å²) >= 11 is 0. The van der Waals surface area contributed by atoms with E-state index in [1.165, 1.54) is 6.07 Å². The van der Waals surface area contributed by atoms with Crippen molar-refractivity contribution in [2.75, 3.05) is 5.32 Å². The number of amides is 1. The van der Waals surface area contributed by atoms with Gasteiger partial charge in [-0.2, -0.15) is 13.2 Å². The summed E-state index contributed by atoms with van der Waals surface area (Å²) < 4.78 is 39.3. The third-order valence-electron chi connectivity index (χ3n) is 4.61. The van der Waals surface area contributed by atoms with E-state index in [2.05, 4.69) is 5.32 Å². The third kappa shape index (κ3) is 2.31. The van der Waals surface area contributed by atoms with E-state index in [0.29, 0.717) is 17.7 Å². The molecule has 1 amide bonds. The average Bonchev–Trinajstić information content (AvgIpc) is 2.77. The second-order valence-electron chi connectivity index (χ2n) is 6.28. The first-order chi connectivity index (χ1) is 11.3. The molecule has 2 aromatic carbocycles. The molecular weight excluding hydrogens is 315 g/mol. The summed E-state index contributed by atoms with van der Waals surface area (Å²) in [4.78, 5) is 12.2. The van der Waals surface area contributed by atoms with Gasteiger partial charge in [0.1, 0.15) is 0 Å². The van der Waals surface area contributed by atoms with Crippen molar-refractivity contribution < 1.29 is 18.0 Å². The lowest BCUT2D eigenvalue weighted by atomic mass is 9.96. The van der Waals surface area contributed by atoms with Crippen LogP contribution in [0.2, 0.25) is 0 Å². The molecule has 24 heavy (non-hydrogen) atoms. The second kappa shape index (κ2) is 4.97. The number of fused-ring (bicyclic) bond motifs is 4. The molecule has 1 aliphatic carbocycles. The largest absolute Gasteiger partial charge is 0.416 e. The van der Waals surface area contributed by atoms with Gasteiger partial charge < -0.3 is 5.32 Å². The van der Waals surface area contributed by atoms with E-state index < -0.39 is 11.7 Å². The molecule has 2 aliphatic rings. The molecule has 0 bridgehead atoms. The van der Waals surface area contributed by atoms with Crippen LogP contribution in [0.1, 0.15) is 34.2 Å². The highest BCUT2D eigenvalue weighted by atomic mass is 19.4. The highest BCUT2D eigenvalue weighted by molar-refractivity contribution is 6.12. The van der Waals surface area contributed by atoms with Crippen LogP contribution in [0.25, 0.3) is 11.1 Å². The molecule has 0 radical (unpaired) electrons. The number of rotatable bonds is 0. The van der Waals surface area contributed by atoms with E-state index in [1.54, 1.807) is 0 Å². The Hall–Kier alpha value is -2.56. The van der Waals surface area contributed by atoms with Gasteiger partial charge >= 0.3 is 6.18 Å². The number of hydrogen-bond acceptors (Lipinski definition) is 1. The van der Waals surface area contributed by atoms with Crippen molar-refractivity contribution in [3.63, 3.8) is 0 Å². The highest BCUT2D eigenvalue weighted by Gasteiger charge is 2.34. The van der Waals surface area contributed by atoms with Crippen LogP contribution in [0, 0.1) is 6.92 Å². The fraction of sp³-hybridized carbons (Fsp3) is 0.211. The number of allylic oxidation sites excluding steroid dienone is 1. The van der Waals surface area contributed by atoms with E-state index in [1.807, 2.05) is 25.1 Å². The van der Waals surface area contributed by atoms with Gasteiger partial charge in [-0.1, -0.05) is 23.8 Å². The molecule has 0 fully saturated rings. The summed E-state index contributed by atoms with van der Waals surface area (Å²) in [7, 11) is 0. The number of nitrogens with one attached hydrogen (secondary N) is 1. The summed E-state index contributed by atoms with van der Waals surface area (Å²) in [5.41, 5.74) is 4.98. The maximum Gasteiger partial charge on any atom is 0.416 e. The lowest BCUT2D eigenvalue weighted by molar-refractivity contribution is -0.137. The van der Waals surface area contributed by atoms with Gasteiger partial charge in [0.2, 0.25) is 5.91 Å². The molecule has 2 aromatic rings. The predicted molar refractivity (Wildman–Crippen MR) is 86.4 cm³/mol. The molecule has 2 nitrogen and oxygen atoms in total. The van der Waals surface area contributed by atoms with Gasteiger partial charge in [-0.15, -0.1) is 0 Å². The second-order valence-corrected chi connectivity index (χ2v) is 6.28. The summed E-state index contributed by atoms with van der Waals surface area (Å²) in [6, 6.07) is 9.48. The Morgan fingerprint density at radius 3 is 2.46 bits per heavy atom. The van der Waals surface area contributed by atoms with Crippen LogP contribution in [0.4, 0.5) is 18.9 Å². The Morgan fingerprint density at radius 2 is 1.71 bits per heavy atom. The van der Waals surface area contributed by atoms with Crippen molar-refractivity contribution in [3.05, 3.63) is 64.2 Å². The standard InChI is InChI=1S/C19H14F3NO/c1-10-2-3-11-7-14-15(13(11)6-10)9-18(24)23-17-5-4-12(8-16(14)17)19(20,21)22/h2-6,8H,7,9H2,1H3,(H,23,24). The Balaban J connectivity index is 1.94. The molecule has 0 spiro atoms. The zero-order chi connectivity index (χ0) is 17.1. The summed E-state index contributed by atoms with van der Waals surface area (Å²) in [6.45, 7) is 1.96. The summed E-state index contributed by atoms with van der Waals surface area (Å²) in [5.74, 6) is -0.199. The number of halogens is 3. The van der Waals surface area contributed by atoms with E-state index >= 15 is 0 Å². The molecule has 0 saturated carbocycles. The van der Waals surface area contributed by atoms with Crippen molar-refractivity contribution >= 4 is 22.7 Å². The van der Waals surface area contributed by atoms with Crippen LogP contribution in [0.15, 0.2) is 36.4 Å². The fourth-order valence-electron chi connectivity index (χ4n) is 3.48. The van der Waals surface area contributed by atoms with Crippen LogP contribution in [0.5, 0.6) is 0 Å². The number of hydrogen-bond donors (Lipinski definition) is 1. The van der Waals surface area contributed by atoms with E-state index in [-0.39, 0.29) is 12.3 Å². The Kier molecular flexibility index (Phi) is 3.10. The summed E-state index contributed by atoms with van der Waals surface area (Å²) in [6.07, 6.45) is -3.68. The molecule has 1 heterocycles. The quantitative estimate of drug-likeness (QED) is 0.737. The van der Waals surface area contributed by atoms with Crippen LogP contribution < -0.4 is 5.32 Å². The van der Waals surface area contributed by atoms with E-state index in [0.717, 1.165) is 40.0 Å². The van der Waals surface area contributed by atoms with Crippen molar-refractivity contribution in [2.45, 2.75) is 25.9 Å². The SMILES string of the molecule is Cc1ccc2c(c1)C1=C(C2)c2cc(C(F)(F)F)ccc2NC(=O)C1. The fourth-order valence-corrected chi connectivity index (χ4v) is 3.48. The van der Waals surface area contributed by atoms with E-state index in [9.17, 15) is 18.0 Å². The van der Waals surface area contributed by atoms with Gasteiger partial charge in [-0.05, 0) is 53.8 Å². The van der Waals surface area contributed by atoms with Gasteiger partial charge in [0.15, 0.2) is 0 Å². The zero-order valence-electron chi connectivity index (χ0n) is 12.9. The average molecular weight is 329 g/mol. The third-order valence-corrected chi connectivity index (χ3v) is 4.61. The minimum atomic E-state index is -4.41. The molecule has 4 rings (SSSR count). The first-order valence-electron chi connectivity index (χ1n) is 7.66. The minimum absolute atomic E-state index is 0.182. The number of benzene rings is 2. The predicted octanol–water partition coefficient (Wildman–Crippen LogP) is 4.82. The van der Waals surface area contributed by atoms with Crippen molar-refractivity contribution in [1.29, 1.82) is 0 Å². The number of carbonyl (C=O) groups excluding carboxylic acids is 1. The van der Waals surface area contributed by atoms with Gasteiger partial charge in [0.05, 0.1) is 12.0 Å². The maximum atomic E-state index is 13.1. The van der Waals surface area contributed by atoms with Crippen molar-refractivity contribution in [3.8, 4) is 0 Å². The van der Waals surface area contributed by atoms with Gasteiger partial charge in [0.25, 0.3) is 0 Å². The van der Waals surface area contributed by atoms with Crippen LogP contribution >= 0.6 is 0 Å². The van der Waals surface area contributed by atoms with Gasteiger partial charge in [0, 0.05) is 11.3 Å². The zero-order valence-corrected chi connectivity index (χ0v) is 12.9. The topological polar surface area (TPSA) is 29.1 Å². The number of carbonyl (C=O) groups is 1. The molecule has 0 aromatic heterocycles. The van der Waals surface area contributed by atoms with Gasteiger partial charge in [-0.25, -0.2) is 0 Å². The van der Waals surface area contributed by atoms with Crippen LogP contribution in [-0.4, -0.2) is 5.91 Å². The normalized spacial score (nSPS) is 16.2. The lowest BCUT2D eigenvalue weighted by Crippen LogP contribution is -2.12. The molecule has 0 saturated heterocycles. The lowest BCUT2D eigenvalue weighted by Gasteiger charge is -2.13. The maximum absolute atomic E-state index is 13.1. The van der Waals surface area contributed by atoms with Crippen molar-refractivity contribution in [2.24, 2.45) is 0 Å². The first-order valence-corrected chi connectivity index (χ1v) is 7.66. The van der Waals surface area contributed by atoms with E-state index in [4.69, 9.17) is 0 Å². The molecule has 0 atom stereocenters. The van der Waals surface area contributed by atoms with Crippen molar-refractivity contribution in [1.82, 2.24) is 0 Å². The van der Waals surface area contributed by atoms with Crippen LogP contribution in [-0.2, 0) is 17.4 Å². The number of aryl methyl sites for hydroxylation is 1. The molecule has 1 aliphatic heterocycles. The Morgan fingerprint density at radius 1 is 0.958 bits per heavy atom. The van der Waals surface area contributed by atoms with Gasteiger partial charge in [-0.3, -0.25) is 4.79 Å². The highest BCUT2D eigenvalue weighted by Crippen LogP contribution is 2.45. The first kappa shape index (κ1) is 15.0. The minimum Gasteiger partial charge on any atom is -0.325 e. The molecule has 5 heteroatoms. The smallest absolute Gasteiger partial charge is 0.325 e.